The quantitative estimate of drug-likeness (QED) is 0.817. The highest BCUT2D eigenvalue weighted by molar-refractivity contribution is 5.78. The fraction of sp³-hybridized carbons (Fsp3) is 0.350. The van der Waals surface area contributed by atoms with Crippen LogP contribution in [0, 0.1) is 0 Å². The van der Waals surface area contributed by atoms with Gasteiger partial charge in [-0.3, -0.25) is 0 Å². The van der Waals surface area contributed by atoms with Gasteiger partial charge in [0.15, 0.2) is 5.60 Å². The normalized spacial score (nSPS) is 14.0. The second-order valence-corrected chi connectivity index (χ2v) is 6.75. The zero-order chi connectivity index (χ0) is 17.8. The molecule has 0 bridgehead atoms. The van der Waals surface area contributed by atoms with Gasteiger partial charge in [0.05, 0.1) is 7.11 Å². The number of methoxy groups -OCH3 is 1. The van der Waals surface area contributed by atoms with Crippen LogP contribution in [0.15, 0.2) is 54.6 Å². The van der Waals surface area contributed by atoms with Crippen LogP contribution in [0.1, 0.15) is 31.4 Å². The monoisotopic (exact) mass is 328 g/mol. The Morgan fingerprint density at radius 3 is 2.21 bits per heavy atom. The summed E-state index contributed by atoms with van der Waals surface area (Å²) in [6, 6.07) is 16.8. The lowest BCUT2D eigenvalue weighted by Crippen LogP contribution is -2.45. The third kappa shape index (κ3) is 3.95. The van der Waals surface area contributed by atoms with Gasteiger partial charge in [-0.1, -0.05) is 62.4 Å². The summed E-state index contributed by atoms with van der Waals surface area (Å²) in [5.41, 5.74) is -0.705. The first-order valence-corrected chi connectivity index (χ1v) is 7.92. The number of carbonyl (C=O) groups is 1. The topological polar surface area (TPSA) is 66.8 Å². The van der Waals surface area contributed by atoms with Crippen LogP contribution in [0.3, 0.4) is 0 Å². The molecule has 4 heteroatoms. The lowest BCUT2D eigenvalue weighted by Gasteiger charge is -2.34. The first-order chi connectivity index (χ1) is 11.3. The van der Waals surface area contributed by atoms with Crippen LogP contribution in [0.25, 0.3) is 0 Å². The van der Waals surface area contributed by atoms with Gasteiger partial charge in [0.1, 0.15) is 5.75 Å². The average Bonchev–Trinajstić information content (AvgIpc) is 2.55. The van der Waals surface area contributed by atoms with E-state index in [-0.39, 0.29) is 12.8 Å². The largest absolute Gasteiger partial charge is 0.496 e. The van der Waals surface area contributed by atoms with Crippen molar-refractivity contribution in [3.05, 3.63) is 65.7 Å². The molecule has 24 heavy (non-hydrogen) atoms. The minimum Gasteiger partial charge on any atom is -0.496 e. The van der Waals surface area contributed by atoms with E-state index < -0.39 is 17.0 Å². The van der Waals surface area contributed by atoms with Gasteiger partial charge in [-0.05, 0) is 29.0 Å². The Morgan fingerprint density at radius 1 is 1.04 bits per heavy atom. The number of para-hydroxylation sites is 1. The Bertz CT molecular complexity index is 694. The van der Waals surface area contributed by atoms with Crippen LogP contribution in [0.5, 0.6) is 5.75 Å². The molecule has 0 aliphatic carbocycles. The van der Waals surface area contributed by atoms with Crippen molar-refractivity contribution < 1.29 is 19.7 Å². The molecule has 128 valence electrons. The fourth-order valence-electron chi connectivity index (χ4n) is 3.10. The van der Waals surface area contributed by atoms with Crippen molar-refractivity contribution in [3.8, 4) is 5.75 Å². The zero-order valence-corrected chi connectivity index (χ0v) is 14.3. The molecule has 0 radical (unpaired) electrons. The number of benzene rings is 2. The molecule has 0 saturated carbocycles. The Hall–Kier alpha value is -2.33. The standard InChI is InChI=1S/C20H24O4/c1-19(2,16-10-5-4-6-11-16)14-20(23,18(21)22)13-15-9-7-8-12-17(15)24-3/h4-12,23H,13-14H2,1-3H3,(H,21,22). The van der Waals surface area contributed by atoms with E-state index in [4.69, 9.17) is 4.74 Å². The summed E-state index contributed by atoms with van der Waals surface area (Å²) >= 11 is 0. The summed E-state index contributed by atoms with van der Waals surface area (Å²) in [4.78, 5) is 11.8. The van der Waals surface area contributed by atoms with E-state index in [1.807, 2.05) is 56.3 Å². The molecule has 0 heterocycles. The third-order valence-electron chi connectivity index (χ3n) is 4.36. The van der Waals surface area contributed by atoms with Gasteiger partial charge in [0.25, 0.3) is 0 Å². The number of aliphatic hydroxyl groups is 1. The van der Waals surface area contributed by atoms with Crippen LogP contribution < -0.4 is 4.74 Å². The van der Waals surface area contributed by atoms with Gasteiger partial charge >= 0.3 is 5.97 Å². The van der Waals surface area contributed by atoms with Gasteiger partial charge in [-0.15, -0.1) is 0 Å². The van der Waals surface area contributed by atoms with Crippen LogP contribution in [-0.4, -0.2) is 28.9 Å². The molecular weight excluding hydrogens is 304 g/mol. The predicted octanol–water partition coefficient (Wildman–Crippen LogP) is 3.42. The minimum absolute atomic E-state index is 0.0113. The Kier molecular flexibility index (Phi) is 5.30. The molecular formula is C20H24O4. The zero-order valence-electron chi connectivity index (χ0n) is 14.3. The highest BCUT2D eigenvalue weighted by Crippen LogP contribution is 2.35. The molecule has 0 fully saturated rings. The SMILES string of the molecule is COc1ccccc1CC(O)(CC(C)(C)c1ccccc1)C(=O)O. The third-order valence-corrected chi connectivity index (χ3v) is 4.36. The maximum absolute atomic E-state index is 11.8. The number of hydrogen-bond donors (Lipinski definition) is 2. The molecule has 2 N–H and O–H groups in total. The highest BCUT2D eigenvalue weighted by atomic mass is 16.5. The molecule has 0 spiro atoms. The molecule has 0 amide bonds. The van der Waals surface area contributed by atoms with Gasteiger partial charge in [0.2, 0.25) is 0 Å². The number of carboxylic acid groups (broad SMARTS) is 1. The maximum Gasteiger partial charge on any atom is 0.336 e. The van der Waals surface area contributed by atoms with Crippen molar-refractivity contribution in [2.24, 2.45) is 0 Å². The first-order valence-electron chi connectivity index (χ1n) is 7.92. The summed E-state index contributed by atoms with van der Waals surface area (Å²) in [5.74, 6) is -0.646. The average molecular weight is 328 g/mol. The molecule has 0 aromatic heterocycles. The number of carboxylic acids is 1. The number of hydrogen-bond acceptors (Lipinski definition) is 3. The number of aliphatic carboxylic acids is 1. The molecule has 0 saturated heterocycles. The Morgan fingerprint density at radius 2 is 1.62 bits per heavy atom. The molecule has 0 aliphatic rings. The Balaban J connectivity index is 2.32. The van der Waals surface area contributed by atoms with Gasteiger partial charge < -0.3 is 14.9 Å². The maximum atomic E-state index is 11.8. The lowest BCUT2D eigenvalue weighted by molar-refractivity contribution is -0.160. The van der Waals surface area contributed by atoms with Crippen molar-refractivity contribution in [1.29, 1.82) is 0 Å². The summed E-state index contributed by atoms with van der Waals surface area (Å²) < 4.78 is 5.28. The number of rotatable bonds is 7. The van der Waals surface area contributed by atoms with E-state index in [2.05, 4.69) is 0 Å². The fourth-order valence-corrected chi connectivity index (χ4v) is 3.10. The van der Waals surface area contributed by atoms with E-state index in [9.17, 15) is 15.0 Å². The van der Waals surface area contributed by atoms with E-state index in [1.54, 1.807) is 12.1 Å². The van der Waals surface area contributed by atoms with Crippen molar-refractivity contribution in [2.45, 2.75) is 37.7 Å². The van der Waals surface area contributed by atoms with Crippen LogP contribution in [0.4, 0.5) is 0 Å². The summed E-state index contributed by atoms with van der Waals surface area (Å²) in [7, 11) is 1.53. The van der Waals surface area contributed by atoms with E-state index in [0.717, 1.165) is 5.56 Å². The summed E-state index contributed by atoms with van der Waals surface area (Å²) in [6.07, 6.45) is 0.0833. The number of ether oxygens (including phenoxy) is 1. The van der Waals surface area contributed by atoms with E-state index >= 15 is 0 Å². The molecule has 1 atom stereocenters. The van der Waals surface area contributed by atoms with E-state index in [1.165, 1.54) is 7.11 Å². The van der Waals surface area contributed by atoms with Gasteiger partial charge in [0, 0.05) is 6.42 Å². The van der Waals surface area contributed by atoms with Crippen molar-refractivity contribution in [2.75, 3.05) is 7.11 Å². The van der Waals surface area contributed by atoms with Crippen molar-refractivity contribution >= 4 is 5.97 Å². The van der Waals surface area contributed by atoms with E-state index in [0.29, 0.717) is 11.3 Å². The van der Waals surface area contributed by atoms with Crippen molar-refractivity contribution in [3.63, 3.8) is 0 Å². The van der Waals surface area contributed by atoms with Gasteiger partial charge in [-0.25, -0.2) is 4.79 Å². The smallest absolute Gasteiger partial charge is 0.336 e. The first kappa shape index (κ1) is 18.0. The molecule has 2 rings (SSSR count). The molecule has 0 aliphatic heterocycles. The molecule has 4 nitrogen and oxygen atoms in total. The van der Waals surface area contributed by atoms with Gasteiger partial charge in [-0.2, -0.15) is 0 Å². The second-order valence-electron chi connectivity index (χ2n) is 6.75. The highest BCUT2D eigenvalue weighted by Gasteiger charge is 2.42. The Labute approximate surface area is 142 Å². The molecule has 2 aromatic rings. The van der Waals surface area contributed by atoms with Crippen LogP contribution >= 0.6 is 0 Å². The predicted molar refractivity (Wildman–Crippen MR) is 93.4 cm³/mol. The van der Waals surface area contributed by atoms with Crippen LogP contribution in [0.2, 0.25) is 0 Å². The lowest BCUT2D eigenvalue weighted by atomic mass is 9.73. The molecule has 2 aromatic carbocycles. The summed E-state index contributed by atoms with van der Waals surface area (Å²) in [5, 5.41) is 20.6. The van der Waals surface area contributed by atoms with Crippen molar-refractivity contribution in [1.82, 2.24) is 0 Å². The molecule has 1 unspecified atom stereocenters. The second kappa shape index (κ2) is 7.05. The van der Waals surface area contributed by atoms with Crippen LogP contribution in [-0.2, 0) is 16.6 Å². The minimum atomic E-state index is -1.88. The summed E-state index contributed by atoms with van der Waals surface area (Å²) in [6.45, 7) is 3.89.